The Kier molecular flexibility index (Phi) is 4.89. The van der Waals surface area contributed by atoms with E-state index in [1.165, 1.54) is 19.3 Å². The van der Waals surface area contributed by atoms with E-state index in [-0.39, 0.29) is 0 Å². The normalized spacial score (nSPS) is 35.3. The second kappa shape index (κ2) is 5.46. The maximum atomic E-state index is 6.28. The van der Waals surface area contributed by atoms with Crippen molar-refractivity contribution >= 4 is 23.2 Å². The first kappa shape index (κ1) is 11.7. The highest BCUT2D eigenvalue weighted by Crippen LogP contribution is 2.34. The van der Waals surface area contributed by atoms with Gasteiger partial charge in [-0.3, -0.25) is 0 Å². The Morgan fingerprint density at radius 3 is 2.46 bits per heavy atom. The Hall–Kier alpha value is 0.580. The van der Waals surface area contributed by atoms with Gasteiger partial charge in [0.25, 0.3) is 0 Å². The summed E-state index contributed by atoms with van der Waals surface area (Å²) in [7, 11) is 0. The SMILES string of the molecule is CC(C)CCC1CCC(Cl)CC1Cl. The summed E-state index contributed by atoms with van der Waals surface area (Å²) < 4.78 is 0. The predicted octanol–water partition coefficient (Wildman–Crippen LogP) is 4.44. The van der Waals surface area contributed by atoms with Gasteiger partial charge in [0.1, 0.15) is 0 Å². The molecule has 0 aromatic carbocycles. The number of halogens is 2. The van der Waals surface area contributed by atoms with Gasteiger partial charge < -0.3 is 0 Å². The molecule has 1 rings (SSSR count). The first-order chi connectivity index (χ1) is 6.09. The zero-order valence-corrected chi connectivity index (χ0v) is 10.1. The quantitative estimate of drug-likeness (QED) is 0.620. The topological polar surface area (TPSA) is 0 Å². The zero-order chi connectivity index (χ0) is 9.84. The van der Waals surface area contributed by atoms with Crippen LogP contribution in [0.3, 0.4) is 0 Å². The molecule has 3 unspecified atom stereocenters. The molecule has 0 aromatic heterocycles. The standard InChI is InChI=1S/C11H20Cl2/c1-8(2)3-4-9-5-6-10(12)7-11(9)13/h8-11H,3-7H2,1-2H3. The lowest BCUT2D eigenvalue weighted by atomic mass is 9.84. The van der Waals surface area contributed by atoms with E-state index in [0.29, 0.717) is 10.8 Å². The third-order valence-corrected chi connectivity index (χ3v) is 3.89. The third-order valence-electron chi connectivity index (χ3n) is 2.96. The smallest absolute Gasteiger partial charge is 0.0378 e. The molecule has 0 aliphatic heterocycles. The molecule has 0 aromatic rings. The van der Waals surface area contributed by atoms with Crippen LogP contribution in [0.4, 0.5) is 0 Å². The number of hydrogen-bond donors (Lipinski definition) is 0. The van der Waals surface area contributed by atoms with Crippen LogP contribution in [0, 0.1) is 11.8 Å². The van der Waals surface area contributed by atoms with E-state index in [1.807, 2.05) is 0 Å². The van der Waals surface area contributed by atoms with E-state index in [4.69, 9.17) is 23.2 Å². The monoisotopic (exact) mass is 222 g/mol. The average molecular weight is 223 g/mol. The lowest BCUT2D eigenvalue weighted by Gasteiger charge is -2.30. The highest BCUT2D eigenvalue weighted by molar-refractivity contribution is 6.23. The molecule has 0 saturated heterocycles. The largest absolute Gasteiger partial charge is 0.123 e. The van der Waals surface area contributed by atoms with Crippen LogP contribution in [0.25, 0.3) is 0 Å². The van der Waals surface area contributed by atoms with E-state index in [1.54, 1.807) is 0 Å². The first-order valence-electron chi connectivity index (χ1n) is 5.37. The van der Waals surface area contributed by atoms with E-state index in [0.717, 1.165) is 24.7 Å². The van der Waals surface area contributed by atoms with Crippen molar-refractivity contribution in [2.45, 2.75) is 56.7 Å². The lowest BCUT2D eigenvalue weighted by molar-refractivity contribution is 0.326. The van der Waals surface area contributed by atoms with Crippen LogP contribution in [0.15, 0.2) is 0 Å². The fourth-order valence-electron chi connectivity index (χ4n) is 2.00. The van der Waals surface area contributed by atoms with E-state index in [9.17, 15) is 0 Å². The van der Waals surface area contributed by atoms with Crippen LogP contribution in [-0.2, 0) is 0 Å². The van der Waals surface area contributed by atoms with Gasteiger partial charge in [-0.2, -0.15) is 0 Å². The van der Waals surface area contributed by atoms with Crippen molar-refractivity contribution in [3.8, 4) is 0 Å². The van der Waals surface area contributed by atoms with Gasteiger partial charge in [0.2, 0.25) is 0 Å². The molecule has 1 saturated carbocycles. The molecular weight excluding hydrogens is 203 g/mol. The fourth-order valence-corrected chi connectivity index (χ4v) is 2.88. The number of hydrogen-bond acceptors (Lipinski definition) is 0. The molecule has 13 heavy (non-hydrogen) atoms. The van der Waals surface area contributed by atoms with Crippen molar-refractivity contribution in [3.05, 3.63) is 0 Å². The van der Waals surface area contributed by atoms with Crippen molar-refractivity contribution in [3.63, 3.8) is 0 Å². The van der Waals surface area contributed by atoms with Crippen LogP contribution in [0.1, 0.15) is 46.0 Å². The predicted molar refractivity (Wildman–Crippen MR) is 60.7 cm³/mol. The second-order valence-corrected chi connectivity index (χ2v) is 5.84. The van der Waals surface area contributed by atoms with E-state index >= 15 is 0 Å². The highest BCUT2D eigenvalue weighted by Gasteiger charge is 2.27. The molecule has 1 fully saturated rings. The van der Waals surface area contributed by atoms with Gasteiger partial charge in [-0.25, -0.2) is 0 Å². The zero-order valence-electron chi connectivity index (χ0n) is 8.60. The molecular formula is C11H20Cl2. The summed E-state index contributed by atoms with van der Waals surface area (Å²) in [6.45, 7) is 4.55. The van der Waals surface area contributed by atoms with Gasteiger partial charge in [0, 0.05) is 10.8 Å². The summed E-state index contributed by atoms with van der Waals surface area (Å²) in [6, 6.07) is 0. The Morgan fingerprint density at radius 1 is 1.23 bits per heavy atom. The van der Waals surface area contributed by atoms with Crippen molar-refractivity contribution in [2.75, 3.05) is 0 Å². The third kappa shape index (κ3) is 4.08. The summed E-state index contributed by atoms with van der Waals surface area (Å²) >= 11 is 12.3. The lowest BCUT2D eigenvalue weighted by Crippen LogP contribution is -2.26. The van der Waals surface area contributed by atoms with Crippen LogP contribution < -0.4 is 0 Å². The number of rotatable bonds is 3. The minimum Gasteiger partial charge on any atom is -0.123 e. The minimum absolute atomic E-state index is 0.329. The molecule has 0 heterocycles. The maximum Gasteiger partial charge on any atom is 0.0378 e. The van der Waals surface area contributed by atoms with Gasteiger partial charge in [0.05, 0.1) is 0 Å². The molecule has 0 amide bonds. The summed E-state index contributed by atoms with van der Waals surface area (Å²) in [4.78, 5) is 0. The van der Waals surface area contributed by atoms with Gasteiger partial charge in [-0.05, 0) is 37.5 Å². The second-order valence-electron chi connectivity index (χ2n) is 4.66. The molecule has 0 spiro atoms. The van der Waals surface area contributed by atoms with Gasteiger partial charge in [-0.1, -0.05) is 20.3 Å². The van der Waals surface area contributed by atoms with Gasteiger partial charge in [-0.15, -0.1) is 23.2 Å². The average Bonchev–Trinajstić information content (AvgIpc) is 2.02. The summed E-state index contributed by atoms with van der Waals surface area (Å²) in [6.07, 6.45) is 5.99. The molecule has 0 radical (unpaired) electrons. The first-order valence-corrected chi connectivity index (χ1v) is 6.25. The summed E-state index contributed by atoms with van der Waals surface area (Å²) in [5.41, 5.74) is 0. The summed E-state index contributed by atoms with van der Waals surface area (Å²) in [5, 5.41) is 0.660. The van der Waals surface area contributed by atoms with E-state index < -0.39 is 0 Å². The van der Waals surface area contributed by atoms with Crippen molar-refractivity contribution in [1.29, 1.82) is 0 Å². The fraction of sp³-hybridized carbons (Fsp3) is 1.00. The summed E-state index contributed by atoms with van der Waals surface area (Å²) in [5.74, 6) is 1.52. The van der Waals surface area contributed by atoms with Crippen LogP contribution >= 0.6 is 23.2 Å². The molecule has 78 valence electrons. The Labute approximate surface area is 92.0 Å². The van der Waals surface area contributed by atoms with Gasteiger partial charge >= 0.3 is 0 Å². The molecule has 0 nitrogen and oxygen atoms in total. The molecule has 0 bridgehead atoms. The van der Waals surface area contributed by atoms with Crippen LogP contribution in [0.2, 0.25) is 0 Å². The Morgan fingerprint density at radius 2 is 1.92 bits per heavy atom. The van der Waals surface area contributed by atoms with E-state index in [2.05, 4.69) is 13.8 Å². The molecule has 2 heteroatoms. The number of alkyl halides is 2. The molecule has 0 N–H and O–H groups in total. The van der Waals surface area contributed by atoms with Crippen LogP contribution in [-0.4, -0.2) is 10.8 Å². The van der Waals surface area contributed by atoms with Crippen LogP contribution in [0.5, 0.6) is 0 Å². The molecule has 3 atom stereocenters. The Bertz CT molecular complexity index is 145. The minimum atomic E-state index is 0.329. The highest BCUT2D eigenvalue weighted by atomic mass is 35.5. The van der Waals surface area contributed by atoms with Crippen molar-refractivity contribution in [2.24, 2.45) is 11.8 Å². The van der Waals surface area contributed by atoms with Gasteiger partial charge in [0.15, 0.2) is 0 Å². The maximum absolute atomic E-state index is 6.28. The molecule has 1 aliphatic carbocycles. The van der Waals surface area contributed by atoms with Crippen molar-refractivity contribution < 1.29 is 0 Å². The Balaban J connectivity index is 2.25. The molecule has 1 aliphatic rings. The van der Waals surface area contributed by atoms with Crippen molar-refractivity contribution in [1.82, 2.24) is 0 Å².